The van der Waals surface area contributed by atoms with Gasteiger partial charge < -0.3 is 30.0 Å². The third-order valence-corrected chi connectivity index (χ3v) is 8.95. The number of benzene rings is 1. The standard InChI is InChI=1S/C30H29F2N7O4/c1-33-20-8-19(31)24(32)22-23-26(39-11-14-3-4-38(5-6-40)21(14)13-39)17(10-34-28(23)36-25(20)22)15-7-16-27(41)18(30(42)43)12-37(2)29(16)35-9-15/h7-10,12,14,21,33,40H,3-6,11,13H2,1-2H3,(H,34,36)(H,42,43)/t14-,21+/m1/s1. The van der Waals surface area contributed by atoms with Crippen molar-refractivity contribution in [3.8, 4) is 11.1 Å². The van der Waals surface area contributed by atoms with E-state index < -0.39 is 23.0 Å². The Kier molecular flexibility index (Phi) is 6.32. The maximum Gasteiger partial charge on any atom is 0.341 e. The second-order valence-corrected chi connectivity index (χ2v) is 11.3. The van der Waals surface area contributed by atoms with E-state index in [9.17, 15) is 24.2 Å². The van der Waals surface area contributed by atoms with Crippen LogP contribution in [0.2, 0.25) is 0 Å². The summed E-state index contributed by atoms with van der Waals surface area (Å²) in [6.07, 6.45) is 5.38. The number of aromatic nitrogens is 4. The lowest BCUT2D eigenvalue weighted by Gasteiger charge is -2.27. The SMILES string of the molecule is CNc1cc(F)c(F)c2c1[nH]c1ncc(-c3cnc4c(c3)c(=O)c(C(=O)O)cn4C)c(N3C[C@H]4CCN(CCO)[C@H]4C3)c12. The van der Waals surface area contributed by atoms with E-state index in [0.717, 1.165) is 19.0 Å². The molecule has 0 radical (unpaired) electrons. The minimum absolute atomic E-state index is 0.0454. The predicted molar refractivity (Wildman–Crippen MR) is 159 cm³/mol. The molecular formula is C30H29F2N7O4. The molecule has 11 nitrogen and oxygen atoms in total. The van der Waals surface area contributed by atoms with E-state index in [4.69, 9.17) is 0 Å². The summed E-state index contributed by atoms with van der Waals surface area (Å²) in [5.41, 5.74) is 2.04. The second-order valence-electron chi connectivity index (χ2n) is 11.3. The normalized spacial score (nSPS) is 18.8. The quantitative estimate of drug-likeness (QED) is 0.235. The van der Waals surface area contributed by atoms with Gasteiger partial charge in [-0.15, -0.1) is 0 Å². The third kappa shape index (κ3) is 4.06. The van der Waals surface area contributed by atoms with Gasteiger partial charge in [0, 0.05) is 75.6 Å². The number of carboxylic acids is 1. The van der Waals surface area contributed by atoms with Crippen molar-refractivity contribution in [3.63, 3.8) is 0 Å². The van der Waals surface area contributed by atoms with E-state index in [-0.39, 0.29) is 29.0 Å². The Morgan fingerprint density at radius 3 is 2.74 bits per heavy atom. The molecule has 13 heteroatoms. The summed E-state index contributed by atoms with van der Waals surface area (Å²) in [4.78, 5) is 41.6. The van der Waals surface area contributed by atoms with Gasteiger partial charge in [-0.05, 0) is 24.9 Å². The smallest absolute Gasteiger partial charge is 0.341 e. The number of likely N-dealkylation sites (tertiary alicyclic amines) is 1. The Labute approximate surface area is 243 Å². The number of halogens is 2. The highest BCUT2D eigenvalue weighted by atomic mass is 19.2. The topological polar surface area (TPSA) is 140 Å². The molecule has 222 valence electrons. The molecule has 0 unspecified atom stereocenters. The maximum absolute atomic E-state index is 15.7. The van der Waals surface area contributed by atoms with Gasteiger partial charge in [0.1, 0.15) is 16.9 Å². The Balaban J connectivity index is 1.52. The molecule has 0 aliphatic carbocycles. The summed E-state index contributed by atoms with van der Waals surface area (Å²) in [5, 5.41) is 22.7. The molecule has 2 fully saturated rings. The lowest BCUT2D eigenvalue weighted by atomic mass is 10.0. The summed E-state index contributed by atoms with van der Waals surface area (Å²) < 4.78 is 32.1. The number of hydrogen-bond donors (Lipinski definition) is 4. The van der Waals surface area contributed by atoms with Gasteiger partial charge in [0.15, 0.2) is 11.6 Å². The monoisotopic (exact) mass is 589 g/mol. The van der Waals surface area contributed by atoms with Crippen molar-refractivity contribution in [1.82, 2.24) is 24.4 Å². The lowest BCUT2D eigenvalue weighted by Crippen LogP contribution is -2.37. The summed E-state index contributed by atoms with van der Waals surface area (Å²) in [6, 6.07) is 2.86. The molecule has 2 atom stereocenters. The van der Waals surface area contributed by atoms with E-state index in [1.807, 2.05) is 0 Å². The van der Waals surface area contributed by atoms with Crippen molar-refractivity contribution in [2.45, 2.75) is 12.5 Å². The van der Waals surface area contributed by atoms with Crippen LogP contribution in [0.25, 0.3) is 44.1 Å². The first-order valence-electron chi connectivity index (χ1n) is 14.0. The zero-order valence-corrected chi connectivity index (χ0v) is 23.5. The fraction of sp³-hybridized carbons (Fsp3) is 0.333. The van der Waals surface area contributed by atoms with Crippen LogP contribution in [0.4, 0.5) is 20.2 Å². The van der Waals surface area contributed by atoms with Crippen LogP contribution in [0, 0.1) is 17.6 Å². The number of carbonyl (C=O) groups is 1. The minimum atomic E-state index is -1.34. The first-order valence-corrected chi connectivity index (χ1v) is 14.0. The van der Waals surface area contributed by atoms with Gasteiger partial charge in [-0.2, -0.15) is 0 Å². The van der Waals surface area contributed by atoms with Crippen LogP contribution < -0.4 is 15.6 Å². The number of rotatable bonds is 6. The fourth-order valence-corrected chi connectivity index (χ4v) is 6.98. The number of β-amino-alcohol motifs (C(OH)–C–C–N with tert-alkyl or cyclic N) is 1. The highest BCUT2D eigenvalue weighted by Gasteiger charge is 2.42. The largest absolute Gasteiger partial charge is 0.477 e. The van der Waals surface area contributed by atoms with E-state index in [2.05, 4.69) is 30.1 Å². The van der Waals surface area contributed by atoms with Crippen LogP contribution in [0.3, 0.4) is 0 Å². The van der Waals surface area contributed by atoms with Crippen molar-refractivity contribution in [1.29, 1.82) is 0 Å². The van der Waals surface area contributed by atoms with Crippen molar-refractivity contribution < 1.29 is 23.8 Å². The number of carboxylic acid groups (broad SMARTS) is 1. The highest BCUT2D eigenvalue weighted by molar-refractivity contribution is 6.18. The maximum atomic E-state index is 15.7. The molecule has 0 amide bonds. The molecule has 0 bridgehead atoms. The number of aromatic carboxylic acids is 1. The number of aromatic amines is 1. The molecule has 1 aromatic carbocycles. The van der Waals surface area contributed by atoms with Gasteiger partial charge >= 0.3 is 5.97 Å². The fourth-order valence-electron chi connectivity index (χ4n) is 6.98. The van der Waals surface area contributed by atoms with Crippen molar-refractivity contribution >= 4 is 50.3 Å². The first-order chi connectivity index (χ1) is 20.7. The molecular weight excluding hydrogens is 560 g/mol. The van der Waals surface area contributed by atoms with Crippen LogP contribution in [-0.2, 0) is 7.05 Å². The predicted octanol–water partition coefficient (Wildman–Crippen LogP) is 3.15. The summed E-state index contributed by atoms with van der Waals surface area (Å²) >= 11 is 0. The number of H-pyrrole nitrogens is 1. The number of fused-ring (bicyclic) bond motifs is 5. The molecule has 0 saturated carbocycles. The van der Waals surface area contributed by atoms with Crippen molar-refractivity contribution in [3.05, 3.63) is 58.1 Å². The Morgan fingerprint density at radius 1 is 1.19 bits per heavy atom. The van der Waals surface area contributed by atoms with Gasteiger partial charge in [0.05, 0.1) is 39.7 Å². The molecule has 2 saturated heterocycles. The number of pyridine rings is 3. The van der Waals surface area contributed by atoms with Gasteiger partial charge in [0.2, 0.25) is 5.43 Å². The van der Waals surface area contributed by atoms with Crippen LogP contribution in [0.15, 0.2) is 35.5 Å². The Morgan fingerprint density at radius 2 is 2.00 bits per heavy atom. The van der Waals surface area contributed by atoms with Crippen molar-refractivity contribution in [2.24, 2.45) is 13.0 Å². The van der Waals surface area contributed by atoms with Crippen LogP contribution in [0.5, 0.6) is 0 Å². The zero-order chi connectivity index (χ0) is 30.2. The number of anilines is 2. The van der Waals surface area contributed by atoms with E-state index >= 15 is 4.39 Å². The second kappa shape index (κ2) is 9.99. The Bertz CT molecular complexity index is 2020. The van der Waals surface area contributed by atoms with Crippen LogP contribution >= 0.6 is 0 Å². The number of nitrogens with zero attached hydrogens (tertiary/aromatic N) is 5. The van der Waals surface area contributed by atoms with Gasteiger partial charge in [-0.3, -0.25) is 9.69 Å². The molecule has 2 aliphatic heterocycles. The first kappa shape index (κ1) is 27.2. The molecule has 4 N–H and O–H groups in total. The average Bonchev–Trinajstić information content (AvgIpc) is 3.70. The van der Waals surface area contributed by atoms with Crippen LogP contribution in [-0.4, -0.2) is 86.5 Å². The number of nitrogens with one attached hydrogen (secondary N) is 2. The average molecular weight is 590 g/mol. The van der Waals surface area contributed by atoms with E-state index in [1.165, 1.54) is 10.8 Å². The molecule has 2 aliphatic rings. The van der Waals surface area contributed by atoms with Crippen molar-refractivity contribution in [2.75, 3.05) is 50.1 Å². The molecule has 6 heterocycles. The third-order valence-electron chi connectivity index (χ3n) is 8.95. The molecule has 0 spiro atoms. The number of aliphatic hydroxyl groups excluding tert-OH is 1. The summed E-state index contributed by atoms with van der Waals surface area (Å²) in [6.45, 7) is 2.71. The molecule has 5 aromatic rings. The Hall–Kier alpha value is -4.62. The van der Waals surface area contributed by atoms with E-state index in [1.54, 1.807) is 32.6 Å². The molecule has 7 rings (SSSR count). The lowest BCUT2D eigenvalue weighted by molar-refractivity contribution is 0.0695. The molecule has 4 aromatic heterocycles. The van der Waals surface area contributed by atoms with Crippen LogP contribution in [0.1, 0.15) is 16.8 Å². The highest BCUT2D eigenvalue weighted by Crippen LogP contribution is 2.46. The van der Waals surface area contributed by atoms with Gasteiger partial charge in [0.25, 0.3) is 0 Å². The summed E-state index contributed by atoms with van der Waals surface area (Å²) in [5.74, 6) is -3.04. The van der Waals surface area contributed by atoms with Gasteiger partial charge in [-0.1, -0.05) is 0 Å². The number of aryl methyl sites for hydroxylation is 1. The number of hydrogen-bond acceptors (Lipinski definition) is 8. The van der Waals surface area contributed by atoms with Gasteiger partial charge in [-0.25, -0.2) is 23.5 Å². The minimum Gasteiger partial charge on any atom is -0.477 e. The zero-order valence-electron chi connectivity index (χ0n) is 23.5. The number of aliphatic hydroxyl groups is 1. The van der Waals surface area contributed by atoms with E-state index in [0.29, 0.717) is 70.3 Å². The molecule has 43 heavy (non-hydrogen) atoms. The summed E-state index contributed by atoms with van der Waals surface area (Å²) in [7, 11) is 3.24.